The van der Waals surface area contributed by atoms with Gasteiger partial charge >= 0.3 is 0 Å². The molecule has 0 aromatic heterocycles. The topological polar surface area (TPSA) is 0 Å². The van der Waals surface area contributed by atoms with Crippen molar-refractivity contribution >= 4 is 0 Å². The molecular formula is C12H24. The molecule has 0 atom stereocenters. The lowest BCUT2D eigenvalue weighted by Gasteiger charge is -2.45. The predicted octanol–water partition coefficient (Wildman–Crippen LogP) is 3.82. The van der Waals surface area contributed by atoms with Crippen LogP contribution >= 0.6 is 0 Å². The van der Waals surface area contributed by atoms with E-state index in [1.54, 1.807) is 0 Å². The van der Waals surface area contributed by atoms with Crippen LogP contribution in [0, 0.1) is 35.5 Å². The fraction of sp³-hybridized carbons (Fsp3) is 1.00. The molecule has 0 unspecified atom stereocenters. The molecule has 12 heavy (non-hydrogen) atoms. The van der Waals surface area contributed by atoms with E-state index >= 15 is 0 Å². The molecular weight excluding hydrogens is 144 g/mol. The van der Waals surface area contributed by atoms with Gasteiger partial charge in [0.1, 0.15) is 0 Å². The maximum atomic E-state index is 2.42. The molecule has 1 fully saturated rings. The van der Waals surface area contributed by atoms with Crippen LogP contribution in [0.2, 0.25) is 0 Å². The molecule has 72 valence electrons. The van der Waals surface area contributed by atoms with E-state index < -0.39 is 0 Å². The van der Waals surface area contributed by atoms with Gasteiger partial charge in [0.15, 0.2) is 0 Å². The third-order valence-corrected chi connectivity index (χ3v) is 4.98. The summed E-state index contributed by atoms with van der Waals surface area (Å²) in [6.07, 6.45) is 0. The molecule has 1 aliphatic carbocycles. The second-order valence-corrected chi connectivity index (χ2v) is 5.15. The quantitative estimate of drug-likeness (QED) is 0.516. The molecule has 0 nitrogen and oxygen atoms in total. The van der Waals surface area contributed by atoms with Crippen molar-refractivity contribution in [3.05, 3.63) is 0 Å². The van der Waals surface area contributed by atoms with Gasteiger partial charge in [0, 0.05) is 0 Å². The maximum absolute atomic E-state index is 2.42. The minimum Gasteiger partial charge on any atom is -0.0620 e. The van der Waals surface area contributed by atoms with Crippen molar-refractivity contribution in [3.63, 3.8) is 0 Å². The minimum atomic E-state index is 0.909. The van der Waals surface area contributed by atoms with E-state index in [1.165, 1.54) is 0 Å². The number of hydrogen-bond donors (Lipinski definition) is 0. The summed E-state index contributed by atoms with van der Waals surface area (Å²) in [5.74, 6) is 5.45. The van der Waals surface area contributed by atoms with Crippen LogP contribution in [0.15, 0.2) is 0 Å². The lowest BCUT2D eigenvalue weighted by atomic mass is 9.60. The van der Waals surface area contributed by atoms with Crippen LogP contribution in [-0.4, -0.2) is 0 Å². The van der Waals surface area contributed by atoms with Gasteiger partial charge in [-0.2, -0.15) is 0 Å². The first-order valence-electron chi connectivity index (χ1n) is 5.46. The van der Waals surface area contributed by atoms with Gasteiger partial charge in [0.25, 0.3) is 0 Å². The van der Waals surface area contributed by atoms with Crippen LogP contribution in [0.1, 0.15) is 41.5 Å². The molecule has 0 aromatic rings. The molecule has 1 saturated carbocycles. The van der Waals surface area contributed by atoms with Crippen molar-refractivity contribution < 1.29 is 0 Å². The van der Waals surface area contributed by atoms with Gasteiger partial charge in [-0.1, -0.05) is 41.5 Å². The van der Waals surface area contributed by atoms with E-state index in [2.05, 4.69) is 41.5 Å². The standard InChI is InChI=1S/C12H24/c1-7-8(2)10(4)12(6)11(5)9(7)3/h7-12H,1-6H3. The highest BCUT2D eigenvalue weighted by atomic mass is 14.4. The summed E-state index contributed by atoms with van der Waals surface area (Å²) in [5.41, 5.74) is 0. The monoisotopic (exact) mass is 168 g/mol. The highest BCUT2D eigenvalue weighted by Gasteiger charge is 2.38. The summed E-state index contributed by atoms with van der Waals surface area (Å²) in [4.78, 5) is 0. The van der Waals surface area contributed by atoms with Crippen molar-refractivity contribution in [2.75, 3.05) is 0 Å². The van der Waals surface area contributed by atoms with E-state index in [9.17, 15) is 0 Å². The third kappa shape index (κ3) is 1.41. The zero-order valence-electron chi connectivity index (χ0n) is 9.46. The Hall–Kier alpha value is 0. The van der Waals surface area contributed by atoms with Gasteiger partial charge in [-0.05, 0) is 35.5 Å². The van der Waals surface area contributed by atoms with Crippen LogP contribution in [-0.2, 0) is 0 Å². The van der Waals surface area contributed by atoms with Crippen molar-refractivity contribution in [1.29, 1.82) is 0 Å². The first-order chi connectivity index (χ1) is 5.46. The zero-order valence-corrected chi connectivity index (χ0v) is 9.46. The molecule has 0 N–H and O–H groups in total. The molecule has 0 spiro atoms. The number of rotatable bonds is 0. The second kappa shape index (κ2) is 3.40. The average Bonchev–Trinajstić information content (AvgIpc) is 2.08. The lowest BCUT2D eigenvalue weighted by Crippen LogP contribution is -2.39. The highest BCUT2D eigenvalue weighted by molar-refractivity contribution is 4.86. The molecule has 0 bridgehead atoms. The van der Waals surface area contributed by atoms with Crippen LogP contribution in [0.5, 0.6) is 0 Å². The first kappa shape index (κ1) is 10.1. The van der Waals surface area contributed by atoms with Crippen LogP contribution in [0.25, 0.3) is 0 Å². The SMILES string of the molecule is CC1C(C)C(C)C(C)C(C)C1C. The predicted molar refractivity (Wildman–Crippen MR) is 55.0 cm³/mol. The molecule has 0 aliphatic heterocycles. The van der Waals surface area contributed by atoms with Crippen LogP contribution in [0.3, 0.4) is 0 Å². The van der Waals surface area contributed by atoms with Crippen molar-refractivity contribution in [2.45, 2.75) is 41.5 Å². The van der Waals surface area contributed by atoms with Gasteiger partial charge < -0.3 is 0 Å². The Morgan fingerprint density at radius 2 is 0.417 bits per heavy atom. The summed E-state index contributed by atoms with van der Waals surface area (Å²) in [7, 11) is 0. The normalized spacial score (nSPS) is 55.5. The van der Waals surface area contributed by atoms with Gasteiger partial charge in [-0.25, -0.2) is 0 Å². The smallest absolute Gasteiger partial charge is 0.0386 e. The Balaban J connectivity index is 2.76. The van der Waals surface area contributed by atoms with Crippen LogP contribution in [0.4, 0.5) is 0 Å². The molecule has 0 aromatic carbocycles. The second-order valence-electron chi connectivity index (χ2n) is 5.15. The summed E-state index contributed by atoms with van der Waals surface area (Å²) in [6.45, 7) is 14.5. The minimum absolute atomic E-state index is 0.909. The summed E-state index contributed by atoms with van der Waals surface area (Å²) < 4.78 is 0. The van der Waals surface area contributed by atoms with Crippen molar-refractivity contribution in [1.82, 2.24) is 0 Å². The Morgan fingerprint density at radius 1 is 0.333 bits per heavy atom. The Morgan fingerprint density at radius 3 is 0.500 bits per heavy atom. The summed E-state index contributed by atoms with van der Waals surface area (Å²) in [6, 6.07) is 0. The molecule has 0 heterocycles. The van der Waals surface area contributed by atoms with E-state index in [-0.39, 0.29) is 0 Å². The average molecular weight is 168 g/mol. The Labute approximate surface area is 77.7 Å². The Kier molecular flexibility index (Phi) is 2.85. The third-order valence-electron chi connectivity index (χ3n) is 4.98. The summed E-state index contributed by atoms with van der Waals surface area (Å²) in [5, 5.41) is 0. The van der Waals surface area contributed by atoms with E-state index in [0.29, 0.717) is 0 Å². The van der Waals surface area contributed by atoms with E-state index in [4.69, 9.17) is 0 Å². The molecule has 1 aliphatic rings. The largest absolute Gasteiger partial charge is 0.0620 e. The molecule has 0 amide bonds. The van der Waals surface area contributed by atoms with Crippen LogP contribution < -0.4 is 0 Å². The zero-order chi connectivity index (χ0) is 9.46. The molecule has 0 saturated heterocycles. The number of hydrogen-bond acceptors (Lipinski definition) is 0. The summed E-state index contributed by atoms with van der Waals surface area (Å²) >= 11 is 0. The molecule has 1 rings (SSSR count). The lowest BCUT2D eigenvalue weighted by molar-refractivity contribution is 0.0302. The van der Waals surface area contributed by atoms with Gasteiger partial charge in [0.2, 0.25) is 0 Å². The van der Waals surface area contributed by atoms with Gasteiger partial charge in [-0.15, -0.1) is 0 Å². The Bertz CT molecular complexity index is 91.6. The fourth-order valence-corrected chi connectivity index (χ4v) is 2.87. The first-order valence-corrected chi connectivity index (χ1v) is 5.46. The van der Waals surface area contributed by atoms with Crippen molar-refractivity contribution in [2.24, 2.45) is 35.5 Å². The van der Waals surface area contributed by atoms with E-state index in [0.717, 1.165) is 35.5 Å². The van der Waals surface area contributed by atoms with E-state index in [1.807, 2.05) is 0 Å². The molecule has 0 radical (unpaired) electrons. The fourth-order valence-electron chi connectivity index (χ4n) is 2.87. The van der Waals surface area contributed by atoms with Gasteiger partial charge in [0.05, 0.1) is 0 Å². The van der Waals surface area contributed by atoms with Gasteiger partial charge in [-0.3, -0.25) is 0 Å². The van der Waals surface area contributed by atoms with Crippen molar-refractivity contribution in [3.8, 4) is 0 Å². The maximum Gasteiger partial charge on any atom is -0.0386 e. The highest BCUT2D eigenvalue weighted by Crippen LogP contribution is 2.44. The molecule has 0 heteroatoms.